The molecule has 0 aromatic carbocycles. The number of hydrogen-bond donors (Lipinski definition) is 1. The Labute approximate surface area is 112 Å². The maximum atomic E-state index is 5.35. The molecule has 18 heavy (non-hydrogen) atoms. The lowest BCUT2D eigenvalue weighted by Crippen LogP contribution is -2.41. The highest BCUT2D eigenvalue weighted by Crippen LogP contribution is 2.08. The average molecular weight is 255 g/mol. The first kappa shape index (κ1) is 14.3. The maximum Gasteiger partial charge on any atom is 0.0594 e. The van der Waals surface area contributed by atoms with Gasteiger partial charge in [-0.25, -0.2) is 0 Å². The van der Waals surface area contributed by atoms with Gasteiger partial charge in [0.15, 0.2) is 0 Å². The van der Waals surface area contributed by atoms with E-state index >= 15 is 0 Å². The van der Waals surface area contributed by atoms with Crippen LogP contribution in [-0.2, 0) is 4.74 Å². The van der Waals surface area contributed by atoms with Gasteiger partial charge in [-0.1, -0.05) is 12.8 Å². The fourth-order valence-electron chi connectivity index (χ4n) is 2.78. The Morgan fingerprint density at radius 2 is 1.28 bits per heavy atom. The van der Waals surface area contributed by atoms with E-state index in [4.69, 9.17) is 4.74 Å². The molecule has 1 N–H and O–H groups in total. The second-order valence-corrected chi connectivity index (χ2v) is 5.46. The van der Waals surface area contributed by atoms with E-state index in [2.05, 4.69) is 15.1 Å². The molecule has 0 bridgehead atoms. The van der Waals surface area contributed by atoms with Crippen LogP contribution in [0, 0.1) is 0 Å². The minimum absolute atomic E-state index is 0.910. The number of ether oxygens (including phenoxy) is 1. The summed E-state index contributed by atoms with van der Waals surface area (Å²) in [5.74, 6) is 0. The Hall–Kier alpha value is -0.160. The third-order valence-corrected chi connectivity index (χ3v) is 4.01. The van der Waals surface area contributed by atoms with E-state index in [1.54, 1.807) is 0 Å². The predicted octanol–water partition coefficient (Wildman–Crippen LogP) is 0.784. The molecule has 0 aromatic heterocycles. The third-order valence-electron chi connectivity index (χ3n) is 4.01. The van der Waals surface area contributed by atoms with Crippen molar-refractivity contribution in [2.24, 2.45) is 0 Å². The van der Waals surface area contributed by atoms with Crippen molar-refractivity contribution < 1.29 is 4.74 Å². The van der Waals surface area contributed by atoms with Crippen molar-refractivity contribution in [3.63, 3.8) is 0 Å². The minimum atomic E-state index is 0.910. The zero-order chi connectivity index (χ0) is 12.5. The Bertz CT molecular complexity index is 199. The van der Waals surface area contributed by atoms with Crippen molar-refractivity contribution in [3.05, 3.63) is 0 Å². The van der Waals surface area contributed by atoms with E-state index in [-0.39, 0.29) is 0 Å². The zero-order valence-electron chi connectivity index (χ0n) is 11.7. The standard InChI is InChI=1S/C14H29N3O/c1-2-4-8-16(7-3-1)9-5-15-6-10-17-11-13-18-14-12-17/h15H,1-14H2. The monoisotopic (exact) mass is 255 g/mol. The molecule has 0 saturated carbocycles. The molecule has 2 saturated heterocycles. The van der Waals surface area contributed by atoms with Gasteiger partial charge in [0.05, 0.1) is 13.2 Å². The van der Waals surface area contributed by atoms with E-state index in [9.17, 15) is 0 Å². The number of nitrogens with zero attached hydrogens (tertiary/aromatic N) is 2. The molecular formula is C14H29N3O. The van der Waals surface area contributed by atoms with Crippen LogP contribution in [-0.4, -0.2) is 75.4 Å². The van der Waals surface area contributed by atoms with E-state index in [0.717, 1.165) is 39.4 Å². The number of nitrogens with one attached hydrogen (secondary N) is 1. The molecule has 0 atom stereocenters. The Morgan fingerprint density at radius 1 is 0.722 bits per heavy atom. The predicted molar refractivity (Wildman–Crippen MR) is 75.0 cm³/mol. The Balaban J connectivity index is 1.45. The van der Waals surface area contributed by atoms with Crippen LogP contribution in [0.3, 0.4) is 0 Å². The normalized spacial score (nSPS) is 24.0. The number of likely N-dealkylation sites (tertiary alicyclic amines) is 1. The van der Waals surface area contributed by atoms with Crippen molar-refractivity contribution in [1.29, 1.82) is 0 Å². The molecule has 2 aliphatic heterocycles. The molecule has 0 spiro atoms. The summed E-state index contributed by atoms with van der Waals surface area (Å²) in [7, 11) is 0. The molecule has 2 rings (SSSR count). The SMILES string of the molecule is C1CCCN(CCNCCN2CCOCC2)CC1. The van der Waals surface area contributed by atoms with Gasteiger partial charge in [-0.05, 0) is 25.9 Å². The van der Waals surface area contributed by atoms with Gasteiger partial charge in [-0.2, -0.15) is 0 Å². The molecule has 2 aliphatic rings. The second-order valence-electron chi connectivity index (χ2n) is 5.46. The first-order valence-corrected chi connectivity index (χ1v) is 7.68. The van der Waals surface area contributed by atoms with Gasteiger partial charge < -0.3 is 15.0 Å². The van der Waals surface area contributed by atoms with Crippen LogP contribution in [0.1, 0.15) is 25.7 Å². The van der Waals surface area contributed by atoms with Crippen LogP contribution in [0.25, 0.3) is 0 Å². The zero-order valence-corrected chi connectivity index (χ0v) is 11.7. The molecule has 4 heteroatoms. The minimum Gasteiger partial charge on any atom is -0.379 e. The van der Waals surface area contributed by atoms with Crippen LogP contribution >= 0.6 is 0 Å². The second kappa shape index (κ2) is 8.86. The maximum absolute atomic E-state index is 5.35. The lowest BCUT2D eigenvalue weighted by Gasteiger charge is -2.26. The van der Waals surface area contributed by atoms with Crippen molar-refractivity contribution >= 4 is 0 Å². The van der Waals surface area contributed by atoms with Gasteiger partial charge in [0, 0.05) is 39.3 Å². The highest BCUT2D eigenvalue weighted by Gasteiger charge is 2.10. The van der Waals surface area contributed by atoms with Crippen LogP contribution in [0.5, 0.6) is 0 Å². The van der Waals surface area contributed by atoms with Crippen molar-refractivity contribution in [2.45, 2.75) is 25.7 Å². The number of rotatable bonds is 6. The Morgan fingerprint density at radius 3 is 1.89 bits per heavy atom. The largest absolute Gasteiger partial charge is 0.379 e. The highest BCUT2D eigenvalue weighted by atomic mass is 16.5. The smallest absolute Gasteiger partial charge is 0.0594 e. The van der Waals surface area contributed by atoms with Crippen molar-refractivity contribution in [2.75, 3.05) is 65.6 Å². The quantitative estimate of drug-likeness (QED) is 0.710. The average Bonchev–Trinajstić information content (AvgIpc) is 2.68. The van der Waals surface area contributed by atoms with Gasteiger partial charge in [0.1, 0.15) is 0 Å². The molecule has 0 amide bonds. The molecular weight excluding hydrogens is 226 g/mol. The van der Waals surface area contributed by atoms with E-state index in [1.165, 1.54) is 51.9 Å². The summed E-state index contributed by atoms with van der Waals surface area (Å²) in [4.78, 5) is 5.11. The van der Waals surface area contributed by atoms with Gasteiger partial charge in [-0.3, -0.25) is 4.90 Å². The van der Waals surface area contributed by atoms with Crippen LogP contribution in [0.2, 0.25) is 0 Å². The van der Waals surface area contributed by atoms with Crippen LogP contribution in [0.15, 0.2) is 0 Å². The molecule has 0 radical (unpaired) electrons. The van der Waals surface area contributed by atoms with E-state index < -0.39 is 0 Å². The summed E-state index contributed by atoms with van der Waals surface area (Å²) in [5.41, 5.74) is 0. The Kier molecular flexibility index (Phi) is 7.01. The van der Waals surface area contributed by atoms with Gasteiger partial charge in [0.2, 0.25) is 0 Å². The van der Waals surface area contributed by atoms with Crippen molar-refractivity contribution in [1.82, 2.24) is 15.1 Å². The lowest BCUT2D eigenvalue weighted by atomic mass is 10.2. The van der Waals surface area contributed by atoms with Gasteiger partial charge in [0.25, 0.3) is 0 Å². The van der Waals surface area contributed by atoms with E-state index in [0.29, 0.717) is 0 Å². The summed E-state index contributed by atoms with van der Waals surface area (Å²) < 4.78 is 5.35. The molecule has 0 unspecified atom stereocenters. The summed E-state index contributed by atoms with van der Waals surface area (Å²) in [6.45, 7) is 11.3. The molecule has 2 fully saturated rings. The molecule has 0 aliphatic carbocycles. The van der Waals surface area contributed by atoms with Crippen LogP contribution < -0.4 is 5.32 Å². The van der Waals surface area contributed by atoms with Gasteiger partial charge >= 0.3 is 0 Å². The molecule has 2 heterocycles. The first-order chi connectivity index (χ1) is 8.95. The van der Waals surface area contributed by atoms with Gasteiger partial charge in [-0.15, -0.1) is 0 Å². The molecule has 0 aromatic rings. The fourth-order valence-corrected chi connectivity index (χ4v) is 2.78. The van der Waals surface area contributed by atoms with E-state index in [1.807, 2.05) is 0 Å². The third kappa shape index (κ3) is 5.65. The number of hydrogen-bond acceptors (Lipinski definition) is 4. The summed E-state index contributed by atoms with van der Waals surface area (Å²) in [5, 5.41) is 3.58. The summed E-state index contributed by atoms with van der Waals surface area (Å²) >= 11 is 0. The number of morpholine rings is 1. The molecule has 4 nitrogen and oxygen atoms in total. The van der Waals surface area contributed by atoms with Crippen LogP contribution in [0.4, 0.5) is 0 Å². The fraction of sp³-hybridized carbons (Fsp3) is 1.00. The highest BCUT2D eigenvalue weighted by molar-refractivity contribution is 4.66. The topological polar surface area (TPSA) is 27.7 Å². The summed E-state index contributed by atoms with van der Waals surface area (Å²) in [6.07, 6.45) is 5.66. The lowest BCUT2D eigenvalue weighted by molar-refractivity contribution is 0.0384. The summed E-state index contributed by atoms with van der Waals surface area (Å²) in [6, 6.07) is 0. The van der Waals surface area contributed by atoms with Crippen molar-refractivity contribution in [3.8, 4) is 0 Å². The molecule has 106 valence electrons. The first-order valence-electron chi connectivity index (χ1n) is 7.68.